The maximum absolute atomic E-state index is 13.6. The van der Waals surface area contributed by atoms with E-state index < -0.39 is 17.5 Å². The van der Waals surface area contributed by atoms with Crippen LogP contribution in [0.15, 0.2) is 12.1 Å². The molecule has 6 heteroatoms. The molecule has 0 atom stereocenters. The van der Waals surface area contributed by atoms with Crippen molar-refractivity contribution < 1.29 is 18.7 Å². The first-order valence-electron chi connectivity index (χ1n) is 6.07. The molecule has 104 valence electrons. The molecule has 2 rings (SSSR count). The summed E-state index contributed by atoms with van der Waals surface area (Å²) in [6.45, 7) is 0.966. The lowest BCUT2D eigenvalue weighted by Crippen LogP contribution is -2.39. The molecule has 0 unspecified atom stereocenters. The van der Waals surface area contributed by atoms with Crippen LogP contribution >= 0.6 is 11.6 Å². The number of amides is 1. The number of carbonyl (C=O) groups is 1. The third kappa shape index (κ3) is 3.04. The Morgan fingerprint density at radius 2 is 1.95 bits per heavy atom. The normalized spacial score (nSPS) is 16.7. The zero-order valence-electron chi connectivity index (χ0n) is 10.2. The number of aliphatic hydroxyl groups is 1. The highest BCUT2D eigenvalue weighted by Crippen LogP contribution is 2.23. The van der Waals surface area contributed by atoms with Gasteiger partial charge in [0.15, 0.2) is 0 Å². The lowest BCUT2D eigenvalue weighted by Gasteiger charge is -2.31. The van der Waals surface area contributed by atoms with E-state index in [2.05, 4.69) is 0 Å². The Morgan fingerprint density at radius 1 is 1.32 bits per heavy atom. The molecule has 0 bridgehead atoms. The summed E-state index contributed by atoms with van der Waals surface area (Å²) in [5.41, 5.74) is -0.302. The molecule has 0 radical (unpaired) electrons. The molecule has 0 aromatic heterocycles. The Kier molecular flexibility index (Phi) is 4.37. The van der Waals surface area contributed by atoms with Gasteiger partial charge in [0.25, 0.3) is 5.91 Å². The first kappa shape index (κ1) is 14.2. The molecule has 1 N–H and O–H groups in total. The summed E-state index contributed by atoms with van der Waals surface area (Å²) in [7, 11) is 0. The molecule has 1 heterocycles. The van der Waals surface area contributed by atoms with Crippen LogP contribution in [0.5, 0.6) is 0 Å². The number of aliphatic hydroxyl groups excluding tert-OH is 1. The van der Waals surface area contributed by atoms with Gasteiger partial charge in [-0.25, -0.2) is 8.78 Å². The first-order valence-corrected chi connectivity index (χ1v) is 6.45. The van der Waals surface area contributed by atoms with Crippen molar-refractivity contribution >= 4 is 17.5 Å². The number of hydrogen-bond acceptors (Lipinski definition) is 2. The highest BCUT2D eigenvalue weighted by molar-refractivity contribution is 6.30. The Morgan fingerprint density at radius 3 is 2.53 bits per heavy atom. The summed E-state index contributed by atoms with van der Waals surface area (Å²) in [4.78, 5) is 13.6. The number of nitrogens with zero attached hydrogens (tertiary/aromatic N) is 1. The molecule has 0 aliphatic carbocycles. The maximum atomic E-state index is 13.6. The van der Waals surface area contributed by atoms with Gasteiger partial charge in [-0.3, -0.25) is 4.79 Å². The van der Waals surface area contributed by atoms with Gasteiger partial charge in [0.1, 0.15) is 11.6 Å². The van der Waals surface area contributed by atoms with Crippen LogP contribution in [0.25, 0.3) is 0 Å². The van der Waals surface area contributed by atoms with Crippen LogP contribution in [0, 0.1) is 17.6 Å². The van der Waals surface area contributed by atoms with E-state index in [1.54, 1.807) is 0 Å². The molecule has 1 aliphatic rings. The van der Waals surface area contributed by atoms with Gasteiger partial charge in [-0.1, -0.05) is 11.6 Å². The van der Waals surface area contributed by atoms with Gasteiger partial charge in [-0.05, 0) is 30.9 Å². The van der Waals surface area contributed by atoms with Crippen LogP contribution < -0.4 is 0 Å². The van der Waals surface area contributed by atoms with Gasteiger partial charge in [-0.15, -0.1) is 0 Å². The number of carbonyl (C=O) groups excluding carboxylic acids is 1. The van der Waals surface area contributed by atoms with Crippen LogP contribution in [-0.4, -0.2) is 35.6 Å². The minimum Gasteiger partial charge on any atom is -0.396 e. The van der Waals surface area contributed by atoms with E-state index in [1.165, 1.54) is 4.90 Å². The molecule has 3 nitrogen and oxygen atoms in total. The average Bonchev–Trinajstić information content (AvgIpc) is 2.42. The average molecular weight is 290 g/mol. The number of hydrogen-bond donors (Lipinski definition) is 1. The van der Waals surface area contributed by atoms with E-state index >= 15 is 0 Å². The predicted octanol–water partition coefficient (Wildman–Crippen LogP) is 2.46. The van der Waals surface area contributed by atoms with Gasteiger partial charge in [0.2, 0.25) is 0 Å². The molecule has 19 heavy (non-hydrogen) atoms. The lowest BCUT2D eigenvalue weighted by atomic mass is 9.97. The SMILES string of the molecule is O=C(c1cc(F)c(Cl)cc1F)N1CCC(CO)CC1. The molecule has 0 spiro atoms. The van der Waals surface area contributed by atoms with Crippen molar-refractivity contribution in [3.63, 3.8) is 0 Å². The second-order valence-corrected chi connectivity index (χ2v) is 5.07. The van der Waals surface area contributed by atoms with Crippen LogP contribution in [0.2, 0.25) is 5.02 Å². The number of piperidine rings is 1. The molecule has 1 saturated heterocycles. The Bertz CT molecular complexity index is 488. The zero-order valence-corrected chi connectivity index (χ0v) is 11.0. The quantitative estimate of drug-likeness (QED) is 0.850. The monoisotopic (exact) mass is 289 g/mol. The molecule has 1 aliphatic heterocycles. The van der Waals surface area contributed by atoms with Gasteiger partial charge in [0.05, 0.1) is 10.6 Å². The number of rotatable bonds is 2. The fourth-order valence-corrected chi connectivity index (χ4v) is 2.33. The fraction of sp³-hybridized carbons (Fsp3) is 0.462. The maximum Gasteiger partial charge on any atom is 0.256 e. The first-order chi connectivity index (χ1) is 9.02. The summed E-state index contributed by atoms with van der Waals surface area (Å²) in [5.74, 6) is -1.99. The molecular weight excluding hydrogens is 276 g/mol. The van der Waals surface area contributed by atoms with Crippen molar-refractivity contribution in [3.05, 3.63) is 34.4 Å². The number of likely N-dealkylation sites (tertiary alicyclic amines) is 1. The Labute approximate surface area is 114 Å². The van der Waals surface area contributed by atoms with E-state index in [0.717, 1.165) is 12.1 Å². The highest BCUT2D eigenvalue weighted by atomic mass is 35.5. The molecule has 1 aromatic rings. The largest absolute Gasteiger partial charge is 0.396 e. The van der Waals surface area contributed by atoms with Crippen LogP contribution in [-0.2, 0) is 0 Å². The Hall–Kier alpha value is -1.20. The van der Waals surface area contributed by atoms with Crippen molar-refractivity contribution in [3.8, 4) is 0 Å². The summed E-state index contributed by atoms with van der Waals surface area (Å²) >= 11 is 5.45. The van der Waals surface area contributed by atoms with E-state index in [-0.39, 0.29) is 23.1 Å². The van der Waals surface area contributed by atoms with Gasteiger partial charge in [0, 0.05) is 19.7 Å². The van der Waals surface area contributed by atoms with Gasteiger partial charge < -0.3 is 10.0 Å². The third-order valence-electron chi connectivity index (χ3n) is 3.40. The standard InChI is InChI=1S/C13H14ClF2NO2/c14-10-6-11(15)9(5-12(10)16)13(19)17-3-1-8(7-18)2-4-17/h5-6,8,18H,1-4,7H2. The topological polar surface area (TPSA) is 40.5 Å². The van der Waals surface area contributed by atoms with Crippen molar-refractivity contribution in [1.82, 2.24) is 4.90 Å². The van der Waals surface area contributed by atoms with Crippen molar-refractivity contribution in [2.45, 2.75) is 12.8 Å². The summed E-state index contributed by atoms with van der Waals surface area (Å²) in [5, 5.41) is 8.68. The number of halogens is 3. The minimum atomic E-state index is -0.819. The van der Waals surface area contributed by atoms with Crippen molar-refractivity contribution in [2.24, 2.45) is 5.92 Å². The molecular formula is C13H14ClF2NO2. The second kappa shape index (κ2) is 5.84. The second-order valence-electron chi connectivity index (χ2n) is 4.66. The lowest BCUT2D eigenvalue weighted by molar-refractivity contribution is 0.0646. The summed E-state index contributed by atoms with van der Waals surface area (Å²) in [6, 6.07) is 1.64. The van der Waals surface area contributed by atoms with E-state index in [4.69, 9.17) is 16.7 Å². The highest BCUT2D eigenvalue weighted by Gasteiger charge is 2.25. The van der Waals surface area contributed by atoms with E-state index in [9.17, 15) is 13.6 Å². The number of benzene rings is 1. The Balaban J connectivity index is 2.14. The summed E-state index contributed by atoms with van der Waals surface area (Å²) in [6.07, 6.45) is 1.33. The van der Waals surface area contributed by atoms with Crippen molar-refractivity contribution in [1.29, 1.82) is 0 Å². The van der Waals surface area contributed by atoms with Gasteiger partial charge in [-0.2, -0.15) is 0 Å². The van der Waals surface area contributed by atoms with Crippen LogP contribution in [0.4, 0.5) is 8.78 Å². The van der Waals surface area contributed by atoms with Crippen LogP contribution in [0.1, 0.15) is 23.2 Å². The fourth-order valence-electron chi connectivity index (χ4n) is 2.18. The molecule has 1 aromatic carbocycles. The third-order valence-corrected chi connectivity index (χ3v) is 3.69. The predicted molar refractivity (Wildman–Crippen MR) is 67.1 cm³/mol. The smallest absolute Gasteiger partial charge is 0.256 e. The van der Waals surface area contributed by atoms with Gasteiger partial charge >= 0.3 is 0 Å². The molecule has 0 saturated carbocycles. The summed E-state index contributed by atoms with van der Waals surface area (Å²) < 4.78 is 26.9. The minimum absolute atomic E-state index is 0.0893. The van der Waals surface area contributed by atoms with Crippen LogP contribution in [0.3, 0.4) is 0 Å². The molecule has 1 amide bonds. The zero-order chi connectivity index (χ0) is 14.0. The molecule has 1 fully saturated rings. The van der Waals surface area contributed by atoms with Crippen molar-refractivity contribution in [2.75, 3.05) is 19.7 Å². The van der Waals surface area contributed by atoms with E-state index in [1.807, 2.05) is 0 Å². The van der Waals surface area contributed by atoms with E-state index in [0.29, 0.717) is 25.9 Å².